The smallest absolute Gasteiger partial charge is 0.365 e. The van der Waals surface area contributed by atoms with E-state index in [2.05, 4.69) is 5.32 Å². The van der Waals surface area contributed by atoms with Crippen LogP contribution in [0.5, 0.6) is 0 Å². The second kappa shape index (κ2) is 6.78. The zero-order chi connectivity index (χ0) is 18.8. The van der Waals surface area contributed by atoms with Crippen molar-refractivity contribution in [2.75, 3.05) is 5.32 Å². The van der Waals surface area contributed by atoms with Crippen LogP contribution in [0.25, 0.3) is 0 Å². The topological polar surface area (TPSA) is 118 Å². The molecule has 0 unspecified atom stereocenters. The van der Waals surface area contributed by atoms with Gasteiger partial charge < -0.3 is 11.1 Å². The van der Waals surface area contributed by atoms with Crippen molar-refractivity contribution in [1.29, 1.82) is 5.26 Å². The lowest BCUT2D eigenvalue weighted by atomic mass is 10.2. The molecule has 11 heteroatoms. The molecular weight excluding hydrogens is 361 g/mol. The number of aromatic nitrogens is 1. The molecule has 0 saturated heterocycles. The molecule has 2 rings (SSSR count). The molecule has 0 aliphatic rings. The summed E-state index contributed by atoms with van der Waals surface area (Å²) < 4.78 is 39.3. The van der Waals surface area contributed by atoms with E-state index < -0.39 is 41.4 Å². The minimum atomic E-state index is -4.92. The molecule has 3 N–H and O–H groups in total. The second-order valence-electron chi connectivity index (χ2n) is 4.71. The van der Waals surface area contributed by atoms with Gasteiger partial charge in [0.15, 0.2) is 0 Å². The Morgan fingerprint density at radius 3 is 2.56 bits per heavy atom. The molecule has 2 heterocycles. The van der Waals surface area contributed by atoms with E-state index in [9.17, 15) is 27.6 Å². The molecule has 0 aliphatic heterocycles. The molecule has 25 heavy (non-hydrogen) atoms. The summed E-state index contributed by atoms with van der Waals surface area (Å²) in [7, 11) is 0. The molecule has 7 nitrogen and oxygen atoms in total. The number of carbonyl (C=O) groups excluding carboxylic acids is 2. The van der Waals surface area contributed by atoms with Gasteiger partial charge in [0.2, 0.25) is 5.91 Å². The van der Waals surface area contributed by atoms with Crippen LogP contribution in [-0.4, -0.2) is 16.4 Å². The summed E-state index contributed by atoms with van der Waals surface area (Å²) in [5.74, 6) is -2.17. The van der Waals surface area contributed by atoms with E-state index in [1.165, 1.54) is 11.4 Å². The van der Waals surface area contributed by atoms with Gasteiger partial charge in [0.1, 0.15) is 28.9 Å². The first-order valence-electron chi connectivity index (χ1n) is 6.53. The van der Waals surface area contributed by atoms with Crippen molar-refractivity contribution in [2.24, 2.45) is 5.73 Å². The van der Waals surface area contributed by atoms with Gasteiger partial charge in [-0.25, -0.2) is 0 Å². The fourth-order valence-corrected chi connectivity index (χ4v) is 2.73. The number of nitriles is 1. The van der Waals surface area contributed by atoms with Crippen LogP contribution in [0.4, 0.5) is 18.2 Å². The van der Waals surface area contributed by atoms with Crippen molar-refractivity contribution in [3.05, 3.63) is 50.8 Å². The SMILES string of the molecule is N#Cc1ccsc1NC(=O)Cn1c(C(F)(F)F)ccc(C(N)=O)c1=O. The van der Waals surface area contributed by atoms with Gasteiger partial charge in [-0.1, -0.05) is 0 Å². The van der Waals surface area contributed by atoms with E-state index in [1.807, 2.05) is 0 Å². The number of nitrogens with one attached hydrogen (secondary N) is 1. The number of pyridine rings is 1. The molecule has 0 aromatic carbocycles. The monoisotopic (exact) mass is 370 g/mol. The van der Waals surface area contributed by atoms with Crippen LogP contribution in [0.2, 0.25) is 0 Å². The van der Waals surface area contributed by atoms with Crippen molar-refractivity contribution in [2.45, 2.75) is 12.7 Å². The lowest BCUT2D eigenvalue weighted by Gasteiger charge is -2.15. The van der Waals surface area contributed by atoms with Gasteiger partial charge in [0, 0.05) is 0 Å². The van der Waals surface area contributed by atoms with Crippen molar-refractivity contribution >= 4 is 28.2 Å². The van der Waals surface area contributed by atoms with Crippen LogP contribution in [0.3, 0.4) is 0 Å². The molecule has 0 aliphatic carbocycles. The summed E-state index contributed by atoms with van der Waals surface area (Å²) in [4.78, 5) is 35.2. The Kier molecular flexibility index (Phi) is 4.94. The maximum Gasteiger partial charge on any atom is 0.431 e. The number of halogens is 3. The first kappa shape index (κ1) is 18.2. The third-order valence-electron chi connectivity index (χ3n) is 3.07. The Morgan fingerprint density at radius 2 is 2.00 bits per heavy atom. The number of thiophene rings is 1. The predicted molar refractivity (Wildman–Crippen MR) is 81.9 cm³/mol. The third kappa shape index (κ3) is 3.86. The zero-order valence-corrected chi connectivity index (χ0v) is 13.1. The zero-order valence-electron chi connectivity index (χ0n) is 12.3. The van der Waals surface area contributed by atoms with Gasteiger partial charge in [-0.15, -0.1) is 11.3 Å². The highest BCUT2D eigenvalue weighted by Crippen LogP contribution is 2.28. The standard InChI is InChI=1S/C14H9F3N4O3S/c15-14(16,17)9-2-1-8(11(19)23)13(24)21(9)6-10(22)20-12-7(5-18)3-4-25-12/h1-4H,6H2,(H2,19,23)(H,20,22). The number of alkyl halides is 3. The number of rotatable bonds is 4. The van der Waals surface area contributed by atoms with Crippen LogP contribution >= 0.6 is 11.3 Å². The highest BCUT2D eigenvalue weighted by Gasteiger charge is 2.35. The Balaban J connectivity index is 2.42. The number of nitrogens with two attached hydrogens (primary N) is 1. The van der Waals surface area contributed by atoms with E-state index in [0.29, 0.717) is 12.1 Å². The van der Waals surface area contributed by atoms with Gasteiger partial charge >= 0.3 is 6.18 Å². The number of carbonyl (C=O) groups is 2. The van der Waals surface area contributed by atoms with E-state index >= 15 is 0 Å². The van der Waals surface area contributed by atoms with Gasteiger partial charge in [0.05, 0.1) is 5.56 Å². The summed E-state index contributed by atoms with van der Waals surface area (Å²) in [6, 6.07) is 4.38. The quantitative estimate of drug-likeness (QED) is 0.848. The molecule has 130 valence electrons. The Hall–Kier alpha value is -3.13. The molecule has 0 atom stereocenters. The van der Waals surface area contributed by atoms with E-state index in [1.54, 1.807) is 6.07 Å². The van der Waals surface area contributed by atoms with Crippen LogP contribution in [0.1, 0.15) is 21.6 Å². The molecule has 0 saturated carbocycles. The minimum absolute atomic E-state index is 0.120. The van der Waals surface area contributed by atoms with Crippen molar-refractivity contribution < 1.29 is 22.8 Å². The normalized spacial score (nSPS) is 11.0. The first-order chi connectivity index (χ1) is 11.6. The third-order valence-corrected chi connectivity index (χ3v) is 3.90. The largest absolute Gasteiger partial charge is 0.431 e. The van der Waals surface area contributed by atoms with Crippen LogP contribution in [-0.2, 0) is 17.5 Å². The fourth-order valence-electron chi connectivity index (χ4n) is 1.97. The summed E-state index contributed by atoms with van der Waals surface area (Å²) in [5, 5.41) is 12.8. The number of anilines is 1. The highest BCUT2D eigenvalue weighted by atomic mass is 32.1. The number of amides is 2. The second-order valence-corrected chi connectivity index (χ2v) is 5.63. The van der Waals surface area contributed by atoms with Crippen LogP contribution < -0.4 is 16.6 Å². The fraction of sp³-hybridized carbons (Fsp3) is 0.143. The summed E-state index contributed by atoms with van der Waals surface area (Å²) in [6.07, 6.45) is -4.92. The summed E-state index contributed by atoms with van der Waals surface area (Å²) >= 11 is 0.997. The maximum absolute atomic E-state index is 13.1. The Morgan fingerprint density at radius 1 is 1.32 bits per heavy atom. The van der Waals surface area contributed by atoms with Gasteiger partial charge in [-0.05, 0) is 23.6 Å². The molecule has 0 bridgehead atoms. The molecule has 2 aromatic heterocycles. The molecule has 0 radical (unpaired) electrons. The maximum atomic E-state index is 13.1. The molecular formula is C14H9F3N4O3S. The van der Waals surface area contributed by atoms with Crippen LogP contribution in [0, 0.1) is 11.3 Å². The first-order valence-corrected chi connectivity index (χ1v) is 7.41. The van der Waals surface area contributed by atoms with Crippen molar-refractivity contribution in [3.63, 3.8) is 0 Å². The molecule has 2 aromatic rings. The average molecular weight is 370 g/mol. The number of hydrogen-bond donors (Lipinski definition) is 2. The predicted octanol–water partition coefficient (Wildman–Crippen LogP) is 1.54. The number of primary amides is 1. The van der Waals surface area contributed by atoms with E-state index in [4.69, 9.17) is 11.0 Å². The molecule has 0 spiro atoms. The van der Waals surface area contributed by atoms with Crippen molar-refractivity contribution in [1.82, 2.24) is 4.57 Å². The molecule has 2 amide bonds. The van der Waals surface area contributed by atoms with Crippen LogP contribution in [0.15, 0.2) is 28.4 Å². The van der Waals surface area contributed by atoms with E-state index in [0.717, 1.165) is 11.3 Å². The van der Waals surface area contributed by atoms with E-state index in [-0.39, 0.29) is 15.1 Å². The average Bonchev–Trinajstić information content (AvgIpc) is 2.94. The Labute approximate surface area is 142 Å². The van der Waals surface area contributed by atoms with Gasteiger partial charge in [-0.2, -0.15) is 18.4 Å². The lowest BCUT2D eigenvalue weighted by Crippen LogP contribution is -2.36. The molecule has 0 fully saturated rings. The minimum Gasteiger partial charge on any atom is -0.365 e. The van der Waals surface area contributed by atoms with Gasteiger partial charge in [-0.3, -0.25) is 19.0 Å². The highest BCUT2D eigenvalue weighted by molar-refractivity contribution is 7.14. The van der Waals surface area contributed by atoms with Gasteiger partial charge in [0.25, 0.3) is 11.5 Å². The summed E-state index contributed by atoms with van der Waals surface area (Å²) in [6.45, 7) is -1.00. The Bertz CT molecular complexity index is 940. The number of nitrogens with zero attached hydrogens (tertiary/aromatic N) is 2. The lowest BCUT2D eigenvalue weighted by molar-refractivity contribution is -0.144. The number of hydrogen-bond acceptors (Lipinski definition) is 5. The summed E-state index contributed by atoms with van der Waals surface area (Å²) in [5.41, 5.74) is 1.68. The van der Waals surface area contributed by atoms with Crippen molar-refractivity contribution in [3.8, 4) is 6.07 Å².